The van der Waals surface area contributed by atoms with Gasteiger partial charge in [-0.3, -0.25) is 4.68 Å². The second-order valence-corrected chi connectivity index (χ2v) is 5.98. The van der Waals surface area contributed by atoms with Crippen LogP contribution in [0.25, 0.3) is 10.3 Å². The van der Waals surface area contributed by atoms with Crippen LogP contribution < -0.4 is 5.32 Å². The first kappa shape index (κ1) is 13.1. The summed E-state index contributed by atoms with van der Waals surface area (Å²) >= 11 is 1.67. The van der Waals surface area contributed by atoms with Crippen molar-refractivity contribution in [1.29, 1.82) is 0 Å². The molecule has 6 nitrogen and oxygen atoms in total. The zero-order valence-electron chi connectivity index (χ0n) is 11.9. The van der Waals surface area contributed by atoms with Gasteiger partial charge in [0.1, 0.15) is 0 Å². The summed E-state index contributed by atoms with van der Waals surface area (Å²) in [5.41, 5.74) is 1.99. The molecule has 0 unspecified atom stereocenters. The molecule has 3 heterocycles. The van der Waals surface area contributed by atoms with Gasteiger partial charge in [0.2, 0.25) is 0 Å². The first-order valence-electron chi connectivity index (χ1n) is 6.67. The molecule has 0 aromatic carbocycles. The van der Waals surface area contributed by atoms with E-state index in [0.29, 0.717) is 6.04 Å². The number of nitrogens with one attached hydrogen (secondary N) is 1. The fraction of sp³-hybridized carbons (Fsp3) is 0.462. The molecule has 0 aliphatic rings. The fourth-order valence-electron chi connectivity index (χ4n) is 2.19. The molecular formula is C13H18N6S. The van der Waals surface area contributed by atoms with Crippen LogP contribution in [0.2, 0.25) is 0 Å². The molecule has 7 heteroatoms. The van der Waals surface area contributed by atoms with Crippen molar-refractivity contribution in [3.8, 4) is 0 Å². The summed E-state index contributed by atoms with van der Waals surface area (Å²) in [5, 5.41) is 13.0. The Labute approximate surface area is 121 Å². The maximum atomic E-state index is 4.60. The van der Waals surface area contributed by atoms with E-state index in [1.54, 1.807) is 17.5 Å². The van der Waals surface area contributed by atoms with Gasteiger partial charge in [0.05, 0.1) is 10.4 Å². The number of anilines is 1. The predicted octanol–water partition coefficient (Wildman–Crippen LogP) is 2.43. The van der Waals surface area contributed by atoms with Gasteiger partial charge in [-0.2, -0.15) is 10.2 Å². The standard InChI is InChI=1S/C13H18N6S/c1-9(5-8-19-7-4-6-14-19)15-13-16-12-11(20-13)10(2)17-18(12)3/h4,6-7,9H,5,8H2,1-3H3,(H,15,16)/t9-/m1/s1. The maximum absolute atomic E-state index is 4.60. The molecule has 1 atom stereocenters. The highest BCUT2D eigenvalue weighted by Gasteiger charge is 2.13. The third kappa shape index (κ3) is 2.53. The SMILES string of the molecule is Cc1nn(C)c2nc(N[C@H](C)CCn3cccn3)sc12. The zero-order chi connectivity index (χ0) is 14.1. The van der Waals surface area contributed by atoms with Gasteiger partial charge in [0, 0.05) is 32.0 Å². The van der Waals surface area contributed by atoms with Crippen molar-refractivity contribution in [2.45, 2.75) is 32.9 Å². The van der Waals surface area contributed by atoms with Gasteiger partial charge >= 0.3 is 0 Å². The van der Waals surface area contributed by atoms with Gasteiger partial charge in [-0.15, -0.1) is 0 Å². The Kier molecular flexibility index (Phi) is 3.43. The van der Waals surface area contributed by atoms with E-state index in [9.17, 15) is 0 Å². The van der Waals surface area contributed by atoms with E-state index in [0.717, 1.165) is 34.1 Å². The molecule has 0 bridgehead atoms. The summed E-state index contributed by atoms with van der Waals surface area (Å²) in [7, 11) is 1.93. The van der Waals surface area contributed by atoms with Crippen LogP contribution in [0.15, 0.2) is 18.5 Å². The summed E-state index contributed by atoms with van der Waals surface area (Å²) in [4.78, 5) is 4.60. The van der Waals surface area contributed by atoms with Crippen LogP contribution in [0.4, 0.5) is 5.13 Å². The maximum Gasteiger partial charge on any atom is 0.185 e. The molecule has 0 aliphatic heterocycles. The summed E-state index contributed by atoms with van der Waals surface area (Å²) in [5.74, 6) is 0. The topological polar surface area (TPSA) is 60.6 Å². The highest BCUT2D eigenvalue weighted by Crippen LogP contribution is 2.28. The number of aryl methyl sites for hydroxylation is 3. The minimum Gasteiger partial charge on any atom is -0.359 e. The number of thiazole rings is 1. The smallest absolute Gasteiger partial charge is 0.185 e. The molecule has 0 spiro atoms. The lowest BCUT2D eigenvalue weighted by atomic mass is 10.2. The number of hydrogen-bond acceptors (Lipinski definition) is 5. The van der Waals surface area contributed by atoms with E-state index in [1.165, 1.54) is 0 Å². The Morgan fingerprint density at radius 3 is 3.00 bits per heavy atom. The monoisotopic (exact) mass is 290 g/mol. The zero-order valence-corrected chi connectivity index (χ0v) is 12.7. The molecule has 3 aromatic rings. The van der Waals surface area contributed by atoms with E-state index in [2.05, 4.69) is 27.4 Å². The van der Waals surface area contributed by atoms with Gasteiger partial charge < -0.3 is 5.32 Å². The minimum atomic E-state index is 0.355. The normalized spacial score (nSPS) is 12.9. The van der Waals surface area contributed by atoms with Crippen LogP contribution in [-0.4, -0.2) is 30.6 Å². The lowest BCUT2D eigenvalue weighted by molar-refractivity contribution is 0.545. The van der Waals surface area contributed by atoms with Gasteiger partial charge in [0.15, 0.2) is 10.8 Å². The van der Waals surface area contributed by atoms with Crippen molar-refractivity contribution in [2.24, 2.45) is 7.05 Å². The molecule has 0 saturated heterocycles. The van der Waals surface area contributed by atoms with Crippen molar-refractivity contribution in [2.75, 3.05) is 5.32 Å². The van der Waals surface area contributed by atoms with Crippen molar-refractivity contribution in [1.82, 2.24) is 24.5 Å². The van der Waals surface area contributed by atoms with E-state index in [4.69, 9.17) is 0 Å². The quantitative estimate of drug-likeness (QED) is 0.784. The van der Waals surface area contributed by atoms with Crippen molar-refractivity contribution < 1.29 is 0 Å². The number of rotatable bonds is 5. The average molecular weight is 290 g/mol. The van der Waals surface area contributed by atoms with Gasteiger partial charge in [0.25, 0.3) is 0 Å². The first-order valence-corrected chi connectivity index (χ1v) is 7.49. The molecule has 0 radical (unpaired) electrons. The molecule has 3 rings (SSSR count). The van der Waals surface area contributed by atoms with Crippen LogP contribution in [0.3, 0.4) is 0 Å². The predicted molar refractivity (Wildman–Crippen MR) is 81.1 cm³/mol. The Morgan fingerprint density at radius 1 is 1.45 bits per heavy atom. The van der Waals surface area contributed by atoms with E-state index >= 15 is 0 Å². The lowest BCUT2D eigenvalue weighted by Crippen LogP contribution is -2.17. The van der Waals surface area contributed by atoms with Crippen molar-refractivity contribution in [3.05, 3.63) is 24.2 Å². The van der Waals surface area contributed by atoms with Crippen LogP contribution in [-0.2, 0) is 13.6 Å². The Morgan fingerprint density at radius 2 is 2.30 bits per heavy atom. The Bertz CT molecular complexity index is 661. The fourth-order valence-corrected chi connectivity index (χ4v) is 3.23. The highest BCUT2D eigenvalue weighted by atomic mass is 32.1. The first-order chi connectivity index (χ1) is 9.63. The van der Waals surface area contributed by atoms with Crippen LogP contribution >= 0.6 is 11.3 Å². The number of aromatic nitrogens is 5. The minimum absolute atomic E-state index is 0.355. The molecule has 20 heavy (non-hydrogen) atoms. The van der Waals surface area contributed by atoms with Crippen LogP contribution in [0, 0.1) is 6.92 Å². The Balaban J connectivity index is 1.65. The van der Waals surface area contributed by atoms with Crippen LogP contribution in [0.1, 0.15) is 19.0 Å². The molecule has 1 N–H and O–H groups in total. The molecule has 0 saturated carbocycles. The molecule has 3 aromatic heterocycles. The average Bonchev–Trinajstić information content (AvgIpc) is 3.08. The van der Waals surface area contributed by atoms with Gasteiger partial charge in [-0.1, -0.05) is 11.3 Å². The van der Waals surface area contributed by atoms with Crippen molar-refractivity contribution >= 4 is 26.8 Å². The van der Waals surface area contributed by atoms with Crippen molar-refractivity contribution in [3.63, 3.8) is 0 Å². The summed E-state index contributed by atoms with van der Waals surface area (Å²) in [6.07, 6.45) is 4.80. The Hall–Kier alpha value is -1.89. The number of fused-ring (bicyclic) bond motifs is 1. The second-order valence-electron chi connectivity index (χ2n) is 4.98. The molecule has 0 aliphatic carbocycles. The third-order valence-electron chi connectivity index (χ3n) is 3.26. The lowest BCUT2D eigenvalue weighted by Gasteiger charge is -2.12. The summed E-state index contributed by atoms with van der Waals surface area (Å²) in [6, 6.07) is 2.30. The summed E-state index contributed by atoms with van der Waals surface area (Å²) in [6.45, 7) is 5.10. The highest BCUT2D eigenvalue weighted by molar-refractivity contribution is 7.22. The third-order valence-corrected chi connectivity index (χ3v) is 4.35. The molecule has 0 fully saturated rings. The molecule has 0 amide bonds. The van der Waals surface area contributed by atoms with E-state index in [1.807, 2.05) is 35.6 Å². The van der Waals surface area contributed by atoms with Gasteiger partial charge in [-0.25, -0.2) is 9.67 Å². The van der Waals surface area contributed by atoms with Gasteiger partial charge in [-0.05, 0) is 26.3 Å². The summed E-state index contributed by atoms with van der Waals surface area (Å²) < 4.78 is 4.94. The largest absolute Gasteiger partial charge is 0.359 e. The second kappa shape index (κ2) is 5.24. The molecule has 106 valence electrons. The van der Waals surface area contributed by atoms with Crippen LogP contribution in [0.5, 0.6) is 0 Å². The molecular weight excluding hydrogens is 272 g/mol. The van der Waals surface area contributed by atoms with E-state index < -0.39 is 0 Å². The number of nitrogens with zero attached hydrogens (tertiary/aromatic N) is 5. The van der Waals surface area contributed by atoms with E-state index in [-0.39, 0.29) is 0 Å². The number of hydrogen-bond donors (Lipinski definition) is 1.